The molecule has 6 heteroatoms. The van der Waals surface area contributed by atoms with Crippen molar-refractivity contribution in [2.45, 2.75) is 33.2 Å². The summed E-state index contributed by atoms with van der Waals surface area (Å²) < 4.78 is 9.67. The molecule has 1 amide bonds. The standard InChI is InChI=1S/C12H24N2O4/c1-5-18-11(16)9(13)10(15)14-8-12(2,3)6-7-17-4/h9H,5-8,13H2,1-4H3,(H,14,15). The van der Waals surface area contributed by atoms with Crippen LogP contribution < -0.4 is 11.1 Å². The second-order valence-corrected chi connectivity index (χ2v) is 4.85. The number of nitrogens with one attached hydrogen (secondary N) is 1. The van der Waals surface area contributed by atoms with Gasteiger partial charge in [0.15, 0.2) is 6.04 Å². The molecular weight excluding hydrogens is 236 g/mol. The first-order chi connectivity index (χ1) is 8.34. The number of esters is 1. The van der Waals surface area contributed by atoms with E-state index in [0.29, 0.717) is 13.2 Å². The Morgan fingerprint density at radius 3 is 2.50 bits per heavy atom. The van der Waals surface area contributed by atoms with Gasteiger partial charge in [0.25, 0.3) is 0 Å². The third kappa shape index (κ3) is 6.56. The largest absolute Gasteiger partial charge is 0.464 e. The molecule has 0 aromatic heterocycles. The van der Waals surface area contributed by atoms with Crippen LogP contribution in [0.2, 0.25) is 0 Å². The van der Waals surface area contributed by atoms with Crippen molar-refractivity contribution in [2.75, 3.05) is 26.9 Å². The SMILES string of the molecule is CCOC(=O)C(N)C(=O)NCC(C)(C)CCOC. The van der Waals surface area contributed by atoms with Gasteiger partial charge in [-0.15, -0.1) is 0 Å². The van der Waals surface area contributed by atoms with E-state index in [1.807, 2.05) is 13.8 Å². The van der Waals surface area contributed by atoms with Gasteiger partial charge in [0.2, 0.25) is 5.91 Å². The molecule has 0 saturated heterocycles. The van der Waals surface area contributed by atoms with E-state index in [2.05, 4.69) is 10.1 Å². The molecule has 18 heavy (non-hydrogen) atoms. The zero-order valence-electron chi connectivity index (χ0n) is 11.6. The molecular formula is C12H24N2O4. The predicted octanol–water partition coefficient (Wildman–Crippen LogP) is 0.0557. The molecule has 0 aliphatic heterocycles. The molecule has 6 nitrogen and oxygen atoms in total. The van der Waals surface area contributed by atoms with Gasteiger partial charge in [-0.1, -0.05) is 13.8 Å². The molecule has 0 rings (SSSR count). The van der Waals surface area contributed by atoms with Crippen LogP contribution in [-0.2, 0) is 19.1 Å². The fourth-order valence-corrected chi connectivity index (χ4v) is 1.24. The molecule has 0 aliphatic carbocycles. The van der Waals surface area contributed by atoms with E-state index in [4.69, 9.17) is 10.5 Å². The predicted molar refractivity (Wildman–Crippen MR) is 67.9 cm³/mol. The van der Waals surface area contributed by atoms with Crippen LogP contribution >= 0.6 is 0 Å². The highest BCUT2D eigenvalue weighted by Gasteiger charge is 2.25. The van der Waals surface area contributed by atoms with Gasteiger partial charge in [0.05, 0.1) is 6.61 Å². The molecule has 106 valence electrons. The minimum Gasteiger partial charge on any atom is -0.464 e. The van der Waals surface area contributed by atoms with Crippen LogP contribution in [0.25, 0.3) is 0 Å². The molecule has 3 N–H and O–H groups in total. The summed E-state index contributed by atoms with van der Waals surface area (Å²) in [5.41, 5.74) is 5.35. The van der Waals surface area contributed by atoms with Crippen LogP contribution in [0.15, 0.2) is 0 Å². The van der Waals surface area contributed by atoms with Crippen molar-refractivity contribution >= 4 is 11.9 Å². The van der Waals surface area contributed by atoms with Crippen LogP contribution in [0, 0.1) is 5.41 Å². The average molecular weight is 260 g/mol. The summed E-state index contributed by atoms with van der Waals surface area (Å²) in [6.07, 6.45) is 0.804. The summed E-state index contributed by atoms with van der Waals surface area (Å²) in [6.45, 7) is 6.93. The minimum absolute atomic E-state index is 0.111. The highest BCUT2D eigenvalue weighted by atomic mass is 16.5. The quantitative estimate of drug-likeness (QED) is 0.475. The van der Waals surface area contributed by atoms with Crippen molar-refractivity contribution in [3.05, 3.63) is 0 Å². The Balaban J connectivity index is 4.12. The molecule has 0 bridgehead atoms. The van der Waals surface area contributed by atoms with Crippen LogP contribution in [-0.4, -0.2) is 44.8 Å². The Kier molecular flexibility index (Phi) is 7.54. The van der Waals surface area contributed by atoms with Crippen molar-refractivity contribution < 1.29 is 19.1 Å². The van der Waals surface area contributed by atoms with Crippen molar-refractivity contribution in [3.8, 4) is 0 Å². The first-order valence-corrected chi connectivity index (χ1v) is 6.03. The smallest absolute Gasteiger partial charge is 0.332 e. The monoisotopic (exact) mass is 260 g/mol. The minimum atomic E-state index is -1.26. The number of ether oxygens (including phenoxy) is 2. The molecule has 0 radical (unpaired) electrons. The number of rotatable bonds is 8. The summed E-state index contributed by atoms with van der Waals surface area (Å²) in [5.74, 6) is -1.22. The van der Waals surface area contributed by atoms with E-state index in [1.54, 1.807) is 14.0 Å². The van der Waals surface area contributed by atoms with E-state index in [9.17, 15) is 9.59 Å². The molecule has 0 spiro atoms. The fourth-order valence-electron chi connectivity index (χ4n) is 1.24. The zero-order valence-corrected chi connectivity index (χ0v) is 11.6. The van der Waals surface area contributed by atoms with Gasteiger partial charge in [0.1, 0.15) is 0 Å². The highest BCUT2D eigenvalue weighted by Crippen LogP contribution is 2.18. The van der Waals surface area contributed by atoms with Crippen LogP contribution in [0.1, 0.15) is 27.2 Å². The third-order valence-electron chi connectivity index (χ3n) is 2.55. The molecule has 0 saturated carbocycles. The summed E-state index contributed by atoms with van der Waals surface area (Å²) in [5, 5.41) is 2.65. The summed E-state index contributed by atoms with van der Waals surface area (Å²) in [7, 11) is 1.63. The van der Waals surface area contributed by atoms with Crippen molar-refractivity contribution in [1.82, 2.24) is 5.32 Å². The van der Waals surface area contributed by atoms with E-state index < -0.39 is 17.9 Å². The van der Waals surface area contributed by atoms with Gasteiger partial charge in [-0.3, -0.25) is 4.79 Å². The van der Waals surface area contributed by atoms with E-state index in [-0.39, 0.29) is 12.0 Å². The van der Waals surface area contributed by atoms with Gasteiger partial charge in [0, 0.05) is 20.3 Å². The third-order valence-corrected chi connectivity index (χ3v) is 2.55. The first-order valence-electron chi connectivity index (χ1n) is 6.03. The maximum Gasteiger partial charge on any atom is 0.332 e. The van der Waals surface area contributed by atoms with Gasteiger partial charge in [-0.25, -0.2) is 4.79 Å². The maximum atomic E-state index is 11.6. The number of methoxy groups -OCH3 is 1. The Bertz CT molecular complexity index is 279. The summed E-state index contributed by atoms with van der Waals surface area (Å²) in [4.78, 5) is 22.9. The number of carbonyl (C=O) groups is 2. The highest BCUT2D eigenvalue weighted by molar-refractivity contribution is 6.01. The molecule has 1 atom stereocenters. The van der Waals surface area contributed by atoms with Crippen LogP contribution in [0.3, 0.4) is 0 Å². The lowest BCUT2D eigenvalue weighted by molar-refractivity contribution is -0.148. The number of nitrogens with two attached hydrogens (primary N) is 1. The van der Waals surface area contributed by atoms with Crippen LogP contribution in [0.4, 0.5) is 0 Å². The fraction of sp³-hybridized carbons (Fsp3) is 0.833. The second kappa shape index (κ2) is 8.05. The lowest BCUT2D eigenvalue weighted by Gasteiger charge is -2.25. The zero-order chi connectivity index (χ0) is 14.2. The van der Waals surface area contributed by atoms with Crippen molar-refractivity contribution in [1.29, 1.82) is 0 Å². The Labute approximate surface area is 108 Å². The van der Waals surface area contributed by atoms with E-state index in [0.717, 1.165) is 6.42 Å². The number of amides is 1. The first kappa shape index (κ1) is 16.9. The van der Waals surface area contributed by atoms with Gasteiger partial charge in [-0.2, -0.15) is 0 Å². The molecule has 1 unspecified atom stereocenters. The number of carbonyl (C=O) groups excluding carboxylic acids is 2. The van der Waals surface area contributed by atoms with Crippen LogP contribution in [0.5, 0.6) is 0 Å². The summed E-state index contributed by atoms with van der Waals surface area (Å²) in [6, 6.07) is -1.26. The second-order valence-electron chi connectivity index (χ2n) is 4.85. The van der Waals surface area contributed by atoms with E-state index >= 15 is 0 Å². The number of hydrogen-bond donors (Lipinski definition) is 2. The van der Waals surface area contributed by atoms with Gasteiger partial charge >= 0.3 is 5.97 Å². The van der Waals surface area contributed by atoms with Crippen molar-refractivity contribution in [2.24, 2.45) is 11.1 Å². The lowest BCUT2D eigenvalue weighted by atomic mass is 9.89. The number of hydrogen-bond acceptors (Lipinski definition) is 5. The topological polar surface area (TPSA) is 90.7 Å². The average Bonchev–Trinajstić information content (AvgIpc) is 2.33. The van der Waals surface area contributed by atoms with Gasteiger partial charge < -0.3 is 20.5 Å². The maximum absolute atomic E-state index is 11.6. The molecule has 0 aromatic carbocycles. The Morgan fingerprint density at radius 2 is 2.00 bits per heavy atom. The molecule has 0 aromatic rings. The summed E-state index contributed by atoms with van der Waals surface area (Å²) >= 11 is 0. The molecule has 0 aliphatic rings. The normalized spacial score (nSPS) is 12.9. The van der Waals surface area contributed by atoms with Gasteiger partial charge in [-0.05, 0) is 18.8 Å². The van der Waals surface area contributed by atoms with Crippen molar-refractivity contribution in [3.63, 3.8) is 0 Å². The Hall–Kier alpha value is -1.14. The molecule has 0 fully saturated rings. The molecule has 0 heterocycles. The lowest BCUT2D eigenvalue weighted by Crippen LogP contribution is -2.49. The Morgan fingerprint density at radius 1 is 1.39 bits per heavy atom. The van der Waals surface area contributed by atoms with E-state index in [1.165, 1.54) is 0 Å².